The van der Waals surface area contributed by atoms with E-state index in [4.69, 9.17) is 9.47 Å². The minimum absolute atomic E-state index is 0.0952. The van der Waals surface area contributed by atoms with E-state index in [0.29, 0.717) is 11.8 Å². The van der Waals surface area contributed by atoms with Gasteiger partial charge in [0.25, 0.3) is 0 Å². The van der Waals surface area contributed by atoms with Gasteiger partial charge in [-0.1, -0.05) is 19.8 Å². The van der Waals surface area contributed by atoms with E-state index in [1.165, 1.54) is 25.7 Å². The Morgan fingerprint density at radius 3 is 2.86 bits per heavy atom. The number of carbonyl (C=O) groups excluding carboxylic acids is 1. The van der Waals surface area contributed by atoms with Crippen molar-refractivity contribution in [3.05, 3.63) is 0 Å². The molecule has 0 aromatic rings. The lowest BCUT2D eigenvalue weighted by molar-refractivity contribution is 0.0663. The zero-order valence-electron chi connectivity index (χ0n) is 8.44. The number of rotatable bonds is 2. The van der Waals surface area contributed by atoms with Gasteiger partial charge in [-0.05, 0) is 18.8 Å². The molecule has 0 spiro atoms. The largest absolute Gasteiger partial charge is 0.509 e. The molecule has 1 aliphatic heterocycles. The molecule has 3 fully saturated rings. The minimum atomic E-state index is -0.438. The van der Waals surface area contributed by atoms with Crippen molar-refractivity contribution >= 4 is 6.16 Å². The molecule has 78 valence electrons. The summed E-state index contributed by atoms with van der Waals surface area (Å²) >= 11 is 0. The summed E-state index contributed by atoms with van der Waals surface area (Å²) in [4.78, 5) is 11.0. The highest BCUT2D eigenvalue weighted by Gasteiger charge is 2.59. The van der Waals surface area contributed by atoms with Crippen molar-refractivity contribution in [2.75, 3.05) is 0 Å². The molecule has 14 heavy (non-hydrogen) atoms. The highest BCUT2D eigenvalue weighted by Crippen LogP contribution is 2.54. The molecule has 0 aromatic heterocycles. The average molecular weight is 196 g/mol. The summed E-state index contributed by atoms with van der Waals surface area (Å²) in [5.74, 6) is 1.96. The Hall–Kier alpha value is -0.730. The van der Waals surface area contributed by atoms with E-state index < -0.39 is 6.16 Å². The maximum absolute atomic E-state index is 11.0. The van der Waals surface area contributed by atoms with Gasteiger partial charge in [0.2, 0.25) is 0 Å². The van der Waals surface area contributed by atoms with Crippen molar-refractivity contribution in [2.24, 2.45) is 17.8 Å². The first-order chi connectivity index (χ1) is 6.79. The highest BCUT2D eigenvalue weighted by atomic mass is 16.8. The van der Waals surface area contributed by atoms with Crippen LogP contribution in [-0.4, -0.2) is 18.4 Å². The molecule has 3 nitrogen and oxygen atoms in total. The lowest BCUT2D eigenvalue weighted by Crippen LogP contribution is -2.34. The number of fused-ring (bicyclic) bond motifs is 5. The first kappa shape index (κ1) is 8.57. The maximum atomic E-state index is 11.0. The standard InChI is InChI=1S/C11H16O3/c1-2-3-6-4-7-5-8(6)10-9(7)13-11(12)14-10/h6-10H,2-5H2,1H3. The Bertz CT molecular complexity index is 263. The van der Waals surface area contributed by atoms with Gasteiger partial charge < -0.3 is 9.47 Å². The molecule has 2 saturated carbocycles. The van der Waals surface area contributed by atoms with E-state index in [2.05, 4.69) is 6.92 Å². The Balaban J connectivity index is 1.76. The fourth-order valence-corrected chi connectivity index (χ4v) is 3.65. The van der Waals surface area contributed by atoms with Gasteiger partial charge in [-0.25, -0.2) is 4.79 Å². The van der Waals surface area contributed by atoms with Crippen LogP contribution >= 0.6 is 0 Å². The predicted octanol–water partition coefficient (Wildman–Crippen LogP) is 2.35. The molecule has 1 saturated heterocycles. The van der Waals surface area contributed by atoms with Crippen LogP contribution in [0.15, 0.2) is 0 Å². The Morgan fingerprint density at radius 2 is 2.07 bits per heavy atom. The lowest BCUT2D eigenvalue weighted by atomic mass is 9.82. The van der Waals surface area contributed by atoms with Crippen molar-refractivity contribution in [3.8, 4) is 0 Å². The normalized spacial score (nSPS) is 48.9. The van der Waals surface area contributed by atoms with Crippen LogP contribution in [0.5, 0.6) is 0 Å². The second-order valence-electron chi connectivity index (χ2n) is 4.86. The van der Waals surface area contributed by atoms with Gasteiger partial charge in [0.15, 0.2) is 0 Å². The fourth-order valence-electron chi connectivity index (χ4n) is 3.65. The summed E-state index contributed by atoms with van der Waals surface area (Å²) in [6.07, 6.45) is 4.73. The van der Waals surface area contributed by atoms with Crippen LogP contribution < -0.4 is 0 Å². The topological polar surface area (TPSA) is 35.5 Å². The number of carbonyl (C=O) groups is 1. The molecule has 1 heterocycles. The number of ether oxygens (including phenoxy) is 2. The molecule has 5 atom stereocenters. The third-order valence-electron chi connectivity index (χ3n) is 4.12. The molecule has 0 aromatic carbocycles. The smallest absolute Gasteiger partial charge is 0.427 e. The molecule has 3 aliphatic rings. The molecule has 3 heteroatoms. The van der Waals surface area contributed by atoms with Gasteiger partial charge >= 0.3 is 6.16 Å². The summed E-state index contributed by atoms with van der Waals surface area (Å²) in [6, 6.07) is 0. The molecular formula is C11H16O3. The summed E-state index contributed by atoms with van der Waals surface area (Å²) in [5.41, 5.74) is 0. The molecule has 3 rings (SSSR count). The molecule has 0 radical (unpaired) electrons. The van der Waals surface area contributed by atoms with Gasteiger partial charge in [0, 0.05) is 11.8 Å². The van der Waals surface area contributed by atoms with Crippen LogP contribution in [-0.2, 0) is 9.47 Å². The van der Waals surface area contributed by atoms with Gasteiger partial charge in [-0.15, -0.1) is 0 Å². The molecular weight excluding hydrogens is 180 g/mol. The summed E-state index contributed by atoms with van der Waals surface area (Å²) in [7, 11) is 0. The first-order valence-electron chi connectivity index (χ1n) is 5.67. The van der Waals surface area contributed by atoms with Crippen LogP contribution in [0.1, 0.15) is 32.6 Å². The first-order valence-corrected chi connectivity index (χ1v) is 5.67. The van der Waals surface area contributed by atoms with E-state index >= 15 is 0 Å². The molecule has 0 amide bonds. The van der Waals surface area contributed by atoms with Gasteiger partial charge in [-0.3, -0.25) is 0 Å². The summed E-state index contributed by atoms with van der Waals surface area (Å²) in [5, 5.41) is 0. The summed E-state index contributed by atoms with van der Waals surface area (Å²) in [6.45, 7) is 2.22. The van der Waals surface area contributed by atoms with E-state index in [1.54, 1.807) is 0 Å². The van der Waals surface area contributed by atoms with Gasteiger partial charge in [0.1, 0.15) is 12.2 Å². The van der Waals surface area contributed by atoms with Crippen LogP contribution in [0.3, 0.4) is 0 Å². The Morgan fingerprint density at radius 1 is 1.29 bits per heavy atom. The minimum Gasteiger partial charge on any atom is -0.427 e. The second-order valence-corrected chi connectivity index (χ2v) is 4.86. The zero-order valence-corrected chi connectivity index (χ0v) is 8.44. The van der Waals surface area contributed by atoms with Crippen molar-refractivity contribution in [1.29, 1.82) is 0 Å². The monoisotopic (exact) mass is 196 g/mol. The zero-order chi connectivity index (χ0) is 9.71. The fraction of sp³-hybridized carbons (Fsp3) is 0.909. The van der Waals surface area contributed by atoms with E-state index in [9.17, 15) is 4.79 Å². The Kier molecular flexibility index (Phi) is 1.76. The van der Waals surface area contributed by atoms with Crippen LogP contribution in [0.25, 0.3) is 0 Å². The van der Waals surface area contributed by atoms with E-state index in [-0.39, 0.29) is 12.2 Å². The molecule has 0 N–H and O–H groups in total. The third kappa shape index (κ3) is 1.01. The summed E-state index contributed by atoms with van der Waals surface area (Å²) < 4.78 is 10.4. The van der Waals surface area contributed by atoms with E-state index in [0.717, 1.165) is 5.92 Å². The average Bonchev–Trinajstić information content (AvgIpc) is 2.74. The maximum Gasteiger partial charge on any atom is 0.509 e. The quantitative estimate of drug-likeness (QED) is 0.636. The lowest BCUT2D eigenvalue weighted by Gasteiger charge is -2.27. The highest BCUT2D eigenvalue weighted by molar-refractivity contribution is 5.63. The SMILES string of the molecule is CCCC1CC2CC1C1OC(=O)OC21. The Labute approximate surface area is 83.8 Å². The van der Waals surface area contributed by atoms with Crippen LogP contribution in [0, 0.1) is 17.8 Å². The third-order valence-corrected chi connectivity index (χ3v) is 4.12. The van der Waals surface area contributed by atoms with Gasteiger partial charge in [-0.2, -0.15) is 0 Å². The number of hydrogen-bond acceptors (Lipinski definition) is 3. The van der Waals surface area contributed by atoms with E-state index in [1.807, 2.05) is 0 Å². The predicted molar refractivity (Wildman–Crippen MR) is 49.8 cm³/mol. The van der Waals surface area contributed by atoms with Crippen molar-refractivity contribution < 1.29 is 14.3 Å². The van der Waals surface area contributed by atoms with Crippen molar-refractivity contribution in [3.63, 3.8) is 0 Å². The van der Waals surface area contributed by atoms with Crippen LogP contribution in [0.2, 0.25) is 0 Å². The number of hydrogen-bond donors (Lipinski definition) is 0. The molecule has 2 aliphatic carbocycles. The van der Waals surface area contributed by atoms with Crippen molar-refractivity contribution in [1.82, 2.24) is 0 Å². The van der Waals surface area contributed by atoms with Crippen LogP contribution in [0.4, 0.5) is 4.79 Å². The molecule has 5 unspecified atom stereocenters. The second kappa shape index (κ2) is 2.88. The molecule has 2 bridgehead atoms. The van der Waals surface area contributed by atoms with Crippen molar-refractivity contribution in [2.45, 2.75) is 44.8 Å². The van der Waals surface area contributed by atoms with Gasteiger partial charge in [0.05, 0.1) is 0 Å².